The van der Waals surface area contributed by atoms with E-state index in [0.717, 1.165) is 19.6 Å². The fourth-order valence-electron chi connectivity index (χ4n) is 2.08. The molecule has 0 unspecified atom stereocenters. The van der Waals surface area contributed by atoms with Crippen LogP contribution in [0, 0.1) is 0 Å². The summed E-state index contributed by atoms with van der Waals surface area (Å²) in [4.78, 5) is 12.9. The summed E-state index contributed by atoms with van der Waals surface area (Å²) < 4.78 is 0. The van der Waals surface area contributed by atoms with E-state index >= 15 is 0 Å². The number of aliphatic carboxylic acids is 1. The summed E-state index contributed by atoms with van der Waals surface area (Å²) in [5.74, 6) is -0.729. The van der Waals surface area contributed by atoms with Crippen molar-refractivity contribution in [2.24, 2.45) is 0 Å². The third-order valence-corrected chi connectivity index (χ3v) is 3.33. The molecule has 1 aliphatic carbocycles. The molecule has 0 aromatic heterocycles. The zero-order chi connectivity index (χ0) is 13.5. The van der Waals surface area contributed by atoms with Gasteiger partial charge in [0.25, 0.3) is 0 Å². The molecular formula is C15H22N2O2. The lowest BCUT2D eigenvalue weighted by Crippen LogP contribution is -2.34. The Morgan fingerprint density at radius 3 is 2.63 bits per heavy atom. The maximum absolute atomic E-state index is 10.7. The number of carboxylic acids is 1. The topological polar surface area (TPSA) is 52.6 Å². The first-order chi connectivity index (χ1) is 9.24. The molecule has 2 rings (SSSR count). The lowest BCUT2D eigenvalue weighted by molar-refractivity contribution is -0.137. The third kappa shape index (κ3) is 5.85. The van der Waals surface area contributed by atoms with E-state index in [9.17, 15) is 4.79 Å². The molecule has 104 valence electrons. The van der Waals surface area contributed by atoms with Gasteiger partial charge in [0.2, 0.25) is 0 Å². The second kappa shape index (κ2) is 7.26. The Labute approximate surface area is 114 Å². The van der Waals surface area contributed by atoms with E-state index in [0.29, 0.717) is 12.6 Å². The Bertz CT molecular complexity index is 390. The Morgan fingerprint density at radius 2 is 2.00 bits per heavy atom. The van der Waals surface area contributed by atoms with E-state index < -0.39 is 5.97 Å². The number of benzene rings is 1. The molecule has 1 saturated carbocycles. The molecule has 4 heteroatoms. The Hall–Kier alpha value is -1.39. The van der Waals surface area contributed by atoms with Gasteiger partial charge in [-0.3, -0.25) is 9.69 Å². The SMILES string of the molecule is O=C(O)CCN(CCNC1CC1)Cc1ccccc1. The molecule has 2 N–H and O–H groups in total. The molecule has 0 spiro atoms. The number of hydrogen-bond acceptors (Lipinski definition) is 3. The van der Waals surface area contributed by atoms with E-state index in [2.05, 4.69) is 22.3 Å². The molecule has 0 saturated heterocycles. The van der Waals surface area contributed by atoms with Gasteiger partial charge in [0.05, 0.1) is 6.42 Å². The van der Waals surface area contributed by atoms with Crippen LogP contribution in [0.4, 0.5) is 0 Å². The second-order valence-corrected chi connectivity index (χ2v) is 5.13. The molecule has 0 atom stereocenters. The lowest BCUT2D eigenvalue weighted by Gasteiger charge is -2.22. The van der Waals surface area contributed by atoms with Gasteiger partial charge in [-0.2, -0.15) is 0 Å². The molecule has 4 nitrogen and oxygen atoms in total. The summed E-state index contributed by atoms with van der Waals surface area (Å²) in [5.41, 5.74) is 1.24. The third-order valence-electron chi connectivity index (χ3n) is 3.33. The van der Waals surface area contributed by atoms with Gasteiger partial charge in [0.1, 0.15) is 0 Å². The molecule has 1 aromatic rings. The summed E-state index contributed by atoms with van der Waals surface area (Å²) in [6.45, 7) is 3.27. The fraction of sp³-hybridized carbons (Fsp3) is 0.533. The number of hydrogen-bond donors (Lipinski definition) is 2. The number of nitrogens with one attached hydrogen (secondary N) is 1. The fourth-order valence-corrected chi connectivity index (χ4v) is 2.08. The molecule has 19 heavy (non-hydrogen) atoms. The number of rotatable bonds is 9. The summed E-state index contributed by atoms with van der Waals surface area (Å²) >= 11 is 0. The predicted octanol–water partition coefficient (Wildman–Crippen LogP) is 1.72. The molecular weight excluding hydrogens is 240 g/mol. The highest BCUT2D eigenvalue weighted by atomic mass is 16.4. The first kappa shape index (κ1) is 14.0. The van der Waals surface area contributed by atoms with Crippen LogP contribution in [0.3, 0.4) is 0 Å². The maximum Gasteiger partial charge on any atom is 0.304 e. The van der Waals surface area contributed by atoms with Gasteiger partial charge in [-0.25, -0.2) is 0 Å². The van der Waals surface area contributed by atoms with E-state index in [4.69, 9.17) is 5.11 Å². The number of carboxylic acid groups (broad SMARTS) is 1. The average Bonchev–Trinajstić information content (AvgIpc) is 3.21. The van der Waals surface area contributed by atoms with Gasteiger partial charge in [-0.1, -0.05) is 30.3 Å². The van der Waals surface area contributed by atoms with Crippen molar-refractivity contribution >= 4 is 5.97 Å². The minimum atomic E-state index is -0.729. The van der Waals surface area contributed by atoms with E-state index in [-0.39, 0.29) is 6.42 Å². The van der Waals surface area contributed by atoms with Crippen LogP contribution in [0.1, 0.15) is 24.8 Å². The number of nitrogens with zero attached hydrogens (tertiary/aromatic N) is 1. The van der Waals surface area contributed by atoms with Crippen molar-refractivity contribution in [1.29, 1.82) is 0 Å². The van der Waals surface area contributed by atoms with Crippen molar-refractivity contribution in [3.05, 3.63) is 35.9 Å². The highest BCUT2D eigenvalue weighted by Crippen LogP contribution is 2.18. The minimum Gasteiger partial charge on any atom is -0.481 e. The first-order valence-corrected chi connectivity index (χ1v) is 6.95. The van der Waals surface area contributed by atoms with E-state index in [1.807, 2.05) is 18.2 Å². The quantitative estimate of drug-likeness (QED) is 0.711. The summed E-state index contributed by atoms with van der Waals surface area (Å²) in [7, 11) is 0. The Kier molecular flexibility index (Phi) is 5.36. The van der Waals surface area contributed by atoms with Gasteiger partial charge in [-0.15, -0.1) is 0 Å². The molecule has 1 aromatic carbocycles. The van der Waals surface area contributed by atoms with Crippen molar-refractivity contribution in [3.63, 3.8) is 0 Å². The largest absolute Gasteiger partial charge is 0.481 e. The molecule has 0 aliphatic heterocycles. The highest BCUT2D eigenvalue weighted by Gasteiger charge is 2.20. The molecule has 0 amide bonds. The van der Waals surface area contributed by atoms with Crippen molar-refractivity contribution in [2.45, 2.75) is 31.8 Å². The highest BCUT2D eigenvalue weighted by molar-refractivity contribution is 5.66. The standard InChI is InChI=1S/C15H22N2O2/c18-15(19)8-10-17(11-9-16-14-6-7-14)12-13-4-2-1-3-5-13/h1-5,14,16H,6-12H2,(H,18,19). The minimum absolute atomic E-state index is 0.205. The van der Waals surface area contributed by atoms with Crippen LogP contribution in [0.25, 0.3) is 0 Å². The van der Waals surface area contributed by atoms with Crippen molar-refractivity contribution < 1.29 is 9.90 Å². The van der Waals surface area contributed by atoms with Gasteiger partial charge < -0.3 is 10.4 Å². The molecule has 0 bridgehead atoms. The van der Waals surface area contributed by atoms with Crippen LogP contribution in [-0.4, -0.2) is 41.7 Å². The van der Waals surface area contributed by atoms with Crippen LogP contribution >= 0.6 is 0 Å². The summed E-state index contributed by atoms with van der Waals surface area (Å²) in [6, 6.07) is 10.9. The van der Waals surface area contributed by atoms with Gasteiger partial charge >= 0.3 is 5.97 Å². The number of carbonyl (C=O) groups is 1. The Morgan fingerprint density at radius 1 is 1.26 bits per heavy atom. The van der Waals surface area contributed by atoms with Gasteiger partial charge in [0.15, 0.2) is 0 Å². The molecule has 0 heterocycles. The van der Waals surface area contributed by atoms with Crippen molar-refractivity contribution in [3.8, 4) is 0 Å². The van der Waals surface area contributed by atoms with Gasteiger partial charge in [0, 0.05) is 32.2 Å². The summed E-state index contributed by atoms with van der Waals surface area (Å²) in [5, 5.41) is 12.3. The molecule has 1 fully saturated rings. The average molecular weight is 262 g/mol. The second-order valence-electron chi connectivity index (χ2n) is 5.13. The zero-order valence-corrected chi connectivity index (χ0v) is 11.2. The van der Waals surface area contributed by atoms with Crippen LogP contribution < -0.4 is 5.32 Å². The molecule has 0 radical (unpaired) electrons. The monoisotopic (exact) mass is 262 g/mol. The normalized spacial score (nSPS) is 14.8. The zero-order valence-electron chi connectivity index (χ0n) is 11.2. The predicted molar refractivity (Wildman–Crippen MR) is 75.0 cm³/mol. The van der Waals surface area contributed by atoms with E-state index in [1.165, 1.54) is 18.4 Å². The van der Waals surface area contributed by atoms with E-state index in [1.54, 1.807) is 0 Å². The van der Waals surface area contributed by atoms with Gasteiger partial charge in [-0.05, 0) is 18.4 Å². The summed E-state index contributed by atoms with van der Waals surface area (Å²) in [6.07, 6.45) is 2.78. The van der Waals surface area contributed by atoms with Crippen LogP contribution in [0.15, 0.2) is 30.3 Å². The van der Waals surface area contributed by atoms with Crippen LogP contribution in [-0.2, 0) is 11.3 Å². The molecule has 1 aliphatic rings. The lowest BCUT2D eigenvalue weighted by atomic mass is 10.2. The maximum atomic E-state index is 10.7. The smallest absolute Gasteiger partial charge is 0.304 e. The van der Waals surface area contributed by atoms with Crippen LogP contribution in [0.5, 0.6) is 0 Å². The van der Waals surface area contributed by atoms with Crippen molar-refractivity contribution in [1.82, 2.24) is 10.2 Å². The Balaban J connectivity index is 1.79. The first-order valence-electron chi connectivity index (χ1n) is 6.95. The van der Waals surface area contributed by atoms with Crippen LogP contribution in [0.2, 0.25) is 0 Å². The van der Waals surface area contributed by atoms with Crippen molar-refractivity contribution in [2.75, 3.05) is 19.6 Å².